The first-order valence-corrected chi connectivity index (χ1v) is 11.7. The Labute approximate surface area is 190 Å². The van der Waals surface area contributed by atoms with Crippen molar-refractivity contribution in [3.8, 4) is 27.4 Å². The minimum absolute atomic E-state index is 0.334. The van der Waals surface area contributed by atoms with E-state index in [1.165, 1.54) is 17.4 Å². The fourth-order valence-corrected chi connectivity index (χ4v) is 5.13. The first-order chi connectivity index (χ1) is 15.6. The van der Waals surface area contributed by atoms with E-state index < -0.39 is 0 Å². The summed E-state index contributed by atoms with van der Waals surface area (Å²) in [5.41, 5.74) is 1.63. The molecule has 168 valence electrons. The van der Waals surface area contributed by atoms with Gasteiger partial charge in [-0.05, 0) is 44.0 Å². The van der Waals surface area contributed by atoms with Gasteiger partial charge in [0.15, 0.2) is 5.82 Å². The number of nitrogens with one attached hydrogen (secondary N) is 1. The minimum Gasteiger partial charge on any atom is -0.496 e. The molecule has 0 spiro atoms. The van der Waals surface area contributed by atoms with Gasteiger partial charge in [0, 0.05) is 49.1 Å². The number of nitrogens with zero attached hydrogens (tertiary/aromatic N) is 4. The maximum Gasteiger partial charge on any atom is 0.151 e. The molecule has 2 saturated heterocycles. The lowest BCUT2D eigenvalue weighted by molar-refractivity contribution is 0.188. The Morgan fingerprint density at radius 3 is 2.78 bits per heavy atom. The van der Waals surface area contributed by atoms with Crippen LogP contribution in [0.25, 0.3) is 21.7 Å². The Kier molecular flexibility index (Phi) is 6.03. The monoisotopic (exact) mass is 455 g/mol. The molecule has 0 bridgehead atoms. The summed E-state index contributed by atoms with van der Waals surface area (Å²) in [7, 11) is 1.58. The van der Waals surface area contributed by atoms with Gasteiger partial charge in [0.25, 0.3) is 0 Å². The molecule has 1 N–H and O–H groups in total. The van der Waals surface area contributed by atoms with E-state index in [9.17, 15) is 4.39 Å². The Hall–Kier alpha value is -2.62. The van der Waals surface area contributed by atoms with E-state index in [4.69, 9.17) is 9.47 Å². The van der Waals surface area contributed by atoms with Crippen molar-refractivity contribution in [3.63, 3.8) is 0 Å². The molecule has 1 aromatic carbocycles. The molecule has 2 aliphatic heterocycles. The van der Waals surface area contributed by atoms with Crippen LogP contribution in [-0.2, 0) is 4.74 Å². The molecule has 2 unspecified atom stereocenters. The second kappa shape index (κ2) is 9.09. The third kappa shape index (κ3) is 4.32. The molecule has 0 saturated carbocycles. The number of thiazole rings is 1. The topological polar surface area (TPSA) is 72.4 Å². The lowest BCUT2D eigenvalue weighted by Gasteiger charge is -2.20. The van der Waals surface area contributed by atoms with Crippen molar-refractivity contribution in [2.24, 2.45) is 0 Å². The summed E-state index contributed by atoms with van der Waals surface area (Å²) >= 11 is 1.45. The second-order valence-corrected chi connectivity index (χ2v) is 9.45. The maximum absolute atomic E-state index is 14.9. The Balaban J connectivity index is 1.33. The maximum atomic E-state index is 14.9. The third-order valence-electron chi connectivity index (χ3n) is 6.02. The van der Waals surface area contributed by atoms with Gasteiger partial charge in [0.2, 0.25) is 0 Å². The zero-order chi connectivity index (χ0) is 22.1. The van der Waals surface area contributed by atoms with Gasteiger partial charge in [-0.25, -0.2) is 9.37 Å². The molecule has 3 aromatic rings. The number of halogens is 1. The largest absolute Gasteiger partial charge is 0.496 e. The summed E-state index contributed by atoms with van der Waals surface area (Å²) in [6.07, 6.45) is 3.83. The van der Waals surface area contributed by atoms with E-state index in [1.807, 2.05) is 19.1 Å². The number of hydrogen-bond donors (Lipinski definition) is 1. The molecule has 2 aliphatic rings. The average molecular weight is 456 g/mol. The molecular weight excluding hydrogens is 429 g/mol. The van der Waals surface area contributed by atoms with Crippen LogP contribution in [0, 0.1) is 12.7 Å². The number of rotatable bonds is 6. The van der Waals surface area contributed by atoms with E-state index in [2.05, 4.69) is 25.4 Å². The highest BCUT2D eigenvalue weighted by molar-refractivity contribution is 7.15. The van der Waals surface area contributed by atoms with E-state index in [0.717, 1.165) is 54.8 Å². The molecule has 0 amide bonds. The van der Waals surface area contributed by atoms with Gasteiger partial charge in [-0.15, -0.1) is 21.5 Å². The van der Waals surface area contributed by atoms with Crippen LogP contribution in [0.4, 0.5) is 10.2 Å². The zero-order valence-corrected chi connectivity index (χ0v) is 19.0. The van der Waals surface area contributed by atoms with E-state index >= 15 is 0 Å². The molecule has 7 nitrogen and oxygen atoms in total. The van der Waals surface area contributed by atoms with Crippen molar-refractivity contribution in [1.82, 2.24) is 20.5 Å². The van der Waals surface area contributed by atoms with Crippen molar-refractivity contribution < 1.29 is 13.9 Å². The van der Waals surface area contributed by atoms with E-state index in [-0.39, 0.29) is 5.82 Å². The summed E-state index contributed by atoms with van der Waals surface area (Å²) in [5.74, 6) is 1.05. The van der Waals surface area contributed by atoms with Crippen molar-refractivity contribution in [1.29, 1.82) is 0 Å². The van der Waals surface area contributed by atoms with Crippen molar-refractivity contribution in [3.05, 3.63) is 41.3 Å². The number of ether oxygens (including phenoxy) is 2. The van der Waals surface area contributed by atoms with Crippen molar-refractivity contribution >= 4 is 17.2 Å². The molecule has 0 radical (unpaired) electrons. The number of aromatic nitrogens is 3. The quantitative estimate of drug-likeness (QED) is 0.608. The van der Waals surface area contributed by atoms with Gasteiger partial charge < -0.3 is 19.7 Å². The van der Waals surface area contributed by atoms with Gasteiger partial charge in [-0.2, -0.15) is 0 Å². The van der Waals surface area contributed by atoms with E-state index in [1.54, 1.807) is 19.4 Å². The molecule has 32 heavy (non-hydrogen) atoms. The highest BCUT2D eigenvalue weighted by Gasteiger charge is 2.27. The predicted octanol–water partition coefficient (Wildman–Crippen LogP) is 3.68. The van der Waals surface area contributed by atoms with Crippen molar-refractivity contribution in [2.45, 2.75) is 31.8 Å². The van der Waals surface area contributed by atoms with Gasteiger partial charge in [0.1, 0.15) is 11.6 Å². The molecule has 2 aromatic heterocycles. The van der Waals surface area contributed by atoms with Gasteiger partial charge >= 0.3 is 0 Å². The number of anilines is 1. The van der Waals surface area contributed by atoms with Gasteiger partial charge in [-0.1, -0.05) is 0 Å². The van der Waals surface area contributed by atoms with Crippen LogP contribution in [-0.4, -0.2) is 60.7 Å². The first kappa shape index (κ1) is 21.2. The van der Waals surface area contributed by atoms with Crippen molar-refractivity contribution in [2.75, 3.05) is 38.3 Å². The number of benzene rings is 1. The standard InChI is InChI=1S/C23H26FN5O2S/c1-14-25-11-22(32-14)17-10-21(30-2)18(9-19(17)24)20-3-4-23(28-27-20)29-7-5-15(12-29)26-16-6-8-31-13-16/h3-4,9-11,15-16,26H,5-8,12-13H2,1-2H3. The Morgan fingerprint density at radius 2 is 2.09 bits per heavy atom. The summed E-state index contributed by atoms with van der Waals surface area (Å²) < 4.78 is 25.9. The summed E-state index contributed by atoms with van der Waals surface area (Å²) in [4.78, 5) is 7.23. The summed E-state index contributed by atoms with van der Waals surface area (Å²) in [6.45, 7) is 5.36. The smallest absolute Gasteiger partial charge is 0.151 e. The fourth-order valence-electron chi connectivity index (χ4n) is 4.34. The normalized spacial score (nSPS) is 20.8. The summed E-state index contributed by atoms with van der Waals surface area (Å²) in [5, 5.41) is 13.4. The molecule has 4 heterocycles. The van der Waals surface area contributed by atoms with Crippen LogP contribution < -0.4 is 15.0 Å². The number of aryl methyl sites for hydroxylation is 1. The fraction of sp³-hybridized carbons (Fsp3) is 0.435. The SMILES string of the molecule is COc1cc(-c2cnc(C)s2)c(F)cc1-c1ccc(N2CCC(NC3CCOC3)C2)nn1. The van der Waals surface area contributed by atoms with Crippen LogP contribution in [0.1, 0.15) is 17.8 Å². The second-order valence-electron chi connectivity index (χ2n) is 8.21. The first-order valence-electron chi connectivity index (χ1n) is 10.8. The zero-order valence-electron chi connectivity index (χ0n) is 18.2. The predicted molar refractivity (Wildman–Crippen MR) is 123 cm³/mol. The van der Waals surface area contributed by atoms with Gasteiger partial charge in [0.05, 0.1) is 29.3 Å². The van der Waals surface area contributed by atoms with E-state index in [0.29, 0.717) is 34.7 Å². The van der Waals surface area contributed by atoms with Crippen LogP contribution in [0.2, 0.25) is 0 Å². The molecule has 2 fully saturated rings. The highest BCUT2D eigenvalue weighted by atomic mass is 32.1. The number of hydrogen-bond acceptors (Lipinski definition) is 8. The Bertz CT molecular complexity index is 1080. The molecule has 9 heteroatoms. The van der Waals surface area contributed by atoms with Crippen LogP contribution in [0.5, 0.6) is 5.75 Å². The third-order valence-corrected chi connectivity index (χ3v) is 6.96. The van der Waals surface area contributed by atoms with Gasteiger partial charge in [-0.3, -0.25) is 0 Å². The molecule has 2 atom stereocenters. The lowest BCUT2D eigenvalue weighted by Crippen LogP contribution is -2.40. The molecule has 0 aliphatic carbocycles. The Morgan fingerprint density at radius 1 is 1.19 bits per heavy atom. The molecular formula is C23H26FN5O2S. The minimum atomic E-state index is -0.334. The number of methoxy groups -OCH3 is 1. The average Bonchev–Trinajstić information content (AvgIpc) is 3.57. The van der Waals surface area contributed by atoms with Crippen LogP contribution >= 0.6 is 11.3 Å². The lowest BCUT2D eigenvalue weighted by atomic mass is 10.1. The summed E-state index contributed by atoms with van der Waals surface area (Å²) in [6, 6.07) is 7.87. The van der Waals surface area contributed by atoms with Crippen LogP contribution in [0.15, 0.2) is 30.5 Å². The van der Waals surface area contributed by atoms with Crippen LogP contribution in [0.3, 0.4) is 0 Å². The molecule has 5 rings (SSSR count). The highest BCUT2D eigenvalue weighted by Crippen LogP contribution is 2.37.